The first-order valence-corrected chi connectivity index (χ1v) is 8.05. The van der Waals surface area contributed by atoms with Gasteiger partial charge in [-0.05, 0) is 30.5 Å². The van der Waals surface area contributed by atoms with Crippen molar-refractivity contribution in [3.05, 3.63) is 50.9 Å². The highest BCUT2D eigenvalue weighted by Gasteiger charge is 2.13. The van der Waals surface area contributed by atoms with Crippen molar-refractivity contribution in [3.8, 4) is 11.1 Å². The standard InChI is InChI=1S/C17H18N2O2S/c1-10-4-5-12(8-11(10)2)13-9-22-17-15(13)16(20)18-14(19-17)6-7-21-3/h4-5,8-9H,6-7H2,1-3H3,(H,18,19,20). The lowest BCUT2D eigenvalue weighted by atomic mass is 10.0. The first-order chi connectivity index (χ1) is 10.6. The van der Waals surface area contributed by atoms with E-state index in [1.54, 1.807) is 7.11 Å². The molecule has 4 nitrogen and oxygen atoms in total. The zero-order valence-corrected chi connectivity index (χ0v) is 13.7. The van der Waals surface area contributed by atoms with Crippen LogP contribution in [0.4, 0.5) is 0 Å². The van der Waals surface area contributed by atoms with Gasteiger partial charge in [0.15, 0.2) is 0 Å². The maximum absolute atomic E-state index is 12.4. The summed E-state index contributed by atoms with van der Waals surface area (Å²) >= 11 is 1.51. The minimum Gasteiger partial charge on any atom is -0.384 e. The minimum atomic E-state index is -0.0782. The van der Waals surface area contributed by atoms with E-state index in [-0.39, 0.29) is 5.56 Å². The van der Waals surface area contributed by atoms with Crippen LogP contribution in [-0.4, -0.2) is 23.7 Å². The molecular formula is C17H18N2O2S. The normalized spacial score (nSPS) is 11.2. The molecule has 5 heteroatoms. The maximum atomic E-state index is 12.4. The smallest absolute Gasteiger partial charge is 0.260 e. The fourth-order valence-corrected chi connectivity index (χ4v) is 3.40. The summed E-state index contributed by atoms with van der Waals surface area (Å²) in [5, 5.41) is 2.69. The lowest BCUT2D eigenvalue weighted by molar-refractivity contribution is 0.200. The second-order valence-electron chi connectivity index (χ2n) is 5.38. The monoisotopic (exact) mass is 314 g/mol. The second-order valence-corrected chi connectivity index (χ2v) is 6.24. The lowest BCUT2D eigenvalue weighted by Gasteiger charge is -2.05. The van der Waals surface area contributed by atoms with Gasteiger partial charge in [0.25, 0.3) is 5.56 Å². The summed E-state index contributed by atoms with van der Waals surface area (Å²) in [5.74, 6) is 0.674. The number of H-pyrrole nitrogens is 1. The van der Waals surface area contributed by atoms with Gasteiger partial charge in [-0.3, -0.25) is 4.79 Å². The number of nitrogens with zero attached hydrogens (tertiary/aromatic N) is 1. The molecule has 0 unspecified atom stereocenters. The van der Waals surface area contributed by atoms with Gasteiger partial charge in [0.05, 0.1) is 12.0 Å². The fraction of sp³-hybridized carbons (Fsp3) is 0.294. The Labute approximate surface area is 132 Å². The van der Waals surface area contributed by atoms with Crippen LogP contribution in [0.3, 0.4) is 0 Å². The van der Waals surface area contributed by atoms with Crippen LogP contribution in [-0.2, 0) is 11.2 Å². The first kappa shape index (κ1) is 14.9. The number of methoxy groups -OCH3 is 1. The first-order valence-electron chi connectivity index (χ1n) is 7.17. The average Bonchev–Trinajstić information content (AvgIpc) is 2.92. The summed E-state index contributed by atoms with van der Waals surface area (Å²) in [7, 11) is 1.64. The molecule has 0 bridgehead atoms. The van der Waals surface area contributed by atoms with E-state index in [2.05, 4.69) is 42.0 Å². The van der Waals surface area contributed by atoms with Gasteiger partial charge in [0.1, 0.15) is 10.7 Å². The Kier molecular flexibility index (Phi) is 4.09. The third-order valence-electron chi connectivity index (χ3n) is 3.85. The van der Waals surface area contributed by atoms with Gasteiger partial charge in [-0.1, -0.05) is 18.2 Å². The van der Waals surface area contributed by atoms with E-state index in [1.165, 1.54) is 22.5 Å². The van der Waals surface area contributed by atoms with Crippen molar-refractivity contribution < 1.29 is 4.74 Å². The van der Waals surface area contributed by atoms with Crippen molar-refractivity contribution in [2.24, 2.45) is 0 Å². The van der Waals surface area contributed by atoms with Crippen LogP contribution in [0.2, 0.25) is 0 Å². The Balaban J connectivity index is 2.12. The highest BCUT2D eigenvalue weighted by molar-refractivity contribution is 7.17. The number of aryl methyl sites for hydroxylation is 2. The van der Waals surface area contributed by atoms with Crippen LogP contribution in [0.15, 0.2) is 28.4 Å². The zero-order valence-electron chi connectivity index (χ0n) is 12.9. The third kappa shape index (κ3) is 2.69. The molecule has 22 heavy (non-hydrogen) atoms. The molecule has 1 aromatic carbocycles. The molecular weight excluding hydrogens is 296 g/mol. The van der Waals surface area contributed by atoms with Crippen molar-refractivity contribution in [2.75, 3.05) is 13.7 Å². The highest BCUT2D eigenvalue weighted by Crippen LogP contribution is 2.31. The number of benzene rings is 1. The Bertz CT molecular complexity index is 880. The number of nitrogens with one attached hydrogen (secondary N) is 1. The van der Waals surface area contributed by atoms with Crippen LogP contribution in [0.25, 0.3) is 21.3 Å². The molecule has 0 saturated heterocycles. The van der Waals surface area contributed by atoms with Crippen LogP contribution < -0.4 is 5.56 Å². The van der Waals surface area contributed by atoms with Crippen molar-refractivity contribution >= 4 is 21.6 Å². The van der Waals surface area contributed by atoms with E-state index in [9.17, 15) is 4.79 Å². The molecule has 0 aliphatic carbocycles. The Morgan fingerprint density at radius 2 is 2.09 bits per heavy atom. The molecule has 3 aromatic rings. The second kappa shape index (κ2) is 6.02. The largest absolute Gasteiger partial charge is 0.384 e. The molecule has 2 aromatic heterocycles. The number of rotatable bonds is 4. The van der Waals surface area contributed by atoms with E-state index in [0.29, 0.717) is 24.2 Å². The average molecular weight is 314 g/mol. The molecule has 0 fully saturated rings. The number of hydrogen-bond donors (Lipinski definition) is 1. The fourth-order valence-electron chi connectivity index (χ4n) is 2.43. The van der Waals surface area contributed by atoms with Crippen LogP contribution in [0, 0.1) is 13.8 Å². The van der Waals surface area contributed by atoms with Crippen molar-refractivity contribution in [1.29, 1.82) is 0 Å². The highest BCUT2D eigenvalue weighted by atomic mass is 32.1. The molecule has 0 atom stereocenters. The van der Waals surface area contributed by atoms with Gasteiger partial charge in [-0.15, -0.1) is 11.3 Å². The quantitative estimate of drug-likeness (QED) is 0.802. The van der Waals surface area contributed by atoms with Gasteiger partial charge in [0, 0.05) is 24.5 Å². The molecule has 0 saturated carbocycles. The van der Waals surface area contributed by atoms with Gasteiger partial charge >= 0.3 is 0 Å². The van der Waals surface area contributed by atoms with Gasteiger partial charge < -0.3 is 9.72 Å². The summed E-state index contributed by atoms with van der Waals surface area (Å²) in [6, 6.07) is 6.26. The van der Waals surface area contributed by atoms with Crippen molar-refractivity contribution in [1.82, 2.24) is 9.97 Å². The number of thiophene rings is 1. The minimum absolute atomic E-state index is 0.0782. The SMILES string of the molecule is COCCc1nc2scc(-c3ccc(C)c(C)c3)c2c(=O)[nH]1. The number of aromatic nitrogens is 2. The third-order valence-corrected chi connectivity index (χ3v) is 4.73. The Morgan fingerprint density at radius 3 is 2.82 bits per heavy atom. The molecule has 2 heterocycles. The zero-order chi connectivity index (χ0) is 15.7. The van der Waals surface area contributed by atoms with Gasteiger partial charge in [-0.25, -0.2) is 4.98 Å². The van der Waals surface area contributed by atoms with Crippen LogP contribution in [0.1, 0.15) is 17.0 Å². The number of ether oxygens (including phenoxy) is 1. The van der Waals surface area contributed by atoms with Gasteiger partial charge in [0.2, 0.25) is 0 Å². The number of aromatic amines is 1. The number of hydrogen-bond acceptors (Lipinski definition) is 4. The molecule has 0 aliphatic rings. The molecule has 1 N–H and O–H groups in total. The predicted molar refractivity (Wildman–Crippen MR) is 90.7 cm³/mol. The molecule has 0 spiro atoms. The van der Waals surface area contributed by atoms with E-state index in [4.69, 9.17) is 4.74 Å². The lowest BCUT2D eigenvalue weighted by Crippen LogP contribution is -2.12. The van der Waals surface area contributed by atoms with Gasteiger partial charge in [-0.2, -0.15) is 0 Å². The van der Waals surface area contributed by atoms with E-state index in [0.717, 1.165) is 16.0 Å². The molecule has 114 valence electrons. The van der Waals surface area contributed by atoms with Crippen LogP contribution in [0.5, 0.6) is 0 Å². The summed E-state index contributed by atoms with van der Waals surface area (Å²) in [4.78, 5) is 20.6. The van der Waals surface area contributed by atoms with E-state index < -0.39 is 0 Å². The molecule has 0 aliphatic heterocycles. The van der Waals surface area contributed by atoms with Crippen molar-refractivity contribution in [2.45, 2.75) is 20.3 Å². The summed E-state index contributed by atoms with van der Waals surface area (Å²) < 4.78 is 5.04. The molecule has 0 amide bonds. The summed E-state index contributed by atoms with van der Waals surface area (Å²) in [6.07, 6.45) is 0.610. The number of fused-ring (bicyclic) bond motifs is 1. The Hall–Kier alpha value is -1.98. The van der Waals surface area contributed by atoms with Crippen molar-refractivity contribution in [3.63, 3.8) is 0 Å². The Morgan fingerprint density at radius 1 is 1.27 bits per heavy atom. The molecule has 0 radical (unpaired) electrons. The van der Waals surface area contributed by atoms with E-state index >= 15 is 0 Å². The van der Waals surface area contributed by atoms with Crippen LogP contribution >= 0.6 is 11.3 Å². The topological polar surface area (TPSA) is 55.0 Å². The summed E-state index contributed by atoms with van der Waals surface area (Å²) in [5.41, 5.74) is 4.40. The summed E-state index contributed by atoms with van der Waals surface area (Å²) in [6.45, 7) is 4.71. The molecule has 3 rings (SSSR count). The predicted octanol–water partition coefficient (Wildman–Crippen LogP) is 3.46. The maximum Gasteiger partial charge on any atom is 0.260 e. The van der Waals surface area contributed by atoms with E-state index in [1.807, 2.05) is 5.38 Å².